The minimum Gasteiger partial charge on any atom is -0.478 e. The third-order valence-corrected chi connectivity index (χ3v) is 7.08. The Morgan fingerprint density at radius 3 is 2.58 bits per heavy atom. The lowest BCUT2D eigenvalue weighted by Crippen LogP contribution is -2.02. The SMILES string of the molecule is O=C(O)c1ccc2c(c1)Oc1cnc(OCc3c(-c4c(Cl)cccc4Cl)noc3C3CC3)cc1CC2. The molecule has 4 aromatic rings. The number of carboxylic acid groups (broad SMARTS) is 1. The molecule has 9 heteroatoms. The third kappa shape index (κ3) is 4.29. The number of halogens is 2. The molecule has 2 aliphatic rings. The number of rotatable bonds is 6. The van der Waals surface area contributed by atoms with Gasteiger partial charge in [-0.05, 0) is 55.5 Å². The van der Waals surface area contributed by atoms with Crippen molar-refractivity contribution in [1.29, 1.82) is 0 Å². The summed E-state index contributed by atoms with van der Waals surface area (Å²) in [6, 6.07) is 12.1. The van der Waals surface area contributed by atoms with E-state index in [-0.39, 0.29) is 12.2 Å². The number of fused-ring (bicyclic) bond motifs is 2. The number of aromatic carboxylic acids is 1. The molecule has 182 valence electrons. The standard InChI is InChI=1S/C27H20Cl2N2O5/c28-19-2-1-3-20(29)24(19)25-18(26(36-31-25)15-6-7-15)13-34-23-11-16-8-4-14-5-9-17(27(32)33)10-21(14)35-22(16)12-30-23/h1-3,5,9-12,15H,4,6-8,13H2,(H,32,33). The molecule has 1 fully saturated rings. The molecular weight excluding hydrogens is 503 g/mol. The van der Waals surface area contributed by atoms with Crippen molar-refractivity contribution in [3.05, 3.63) is 86.7 Å². The lowest BCUT2D eigenvalue weighted by atomic mass is 10.0. The van der Waals surface area contributed by atoms with Crippen LogP contribution >= 0.6 is 23.2 Å². The summed E-state index contributed by atoms with van der Waals surface area (Å²) in [6.07, 6.45) is 5.09. The highest BCUT2D eigenvalue weighted by Gasteiger charge is 2.34. The van der Waals surface area contributed by atoms with Crippen molar-refractivity contribution in [2.75, 3.05) is 0 Å². The molecule has 0 amide bonds. The molecular formula is C27H20Cl2N2O5. The Morgan fingerprint density at radius 2 is 1.83 bits per heavy atom. The van der Waals surface area contributed by atoms with Gasteiger partial charge in [0.1, 0.15) is 29.6 Å². The maximum absolute atomic E-state index is 11.3. The number of hydrogen-bond acceptors (Lipinski definition) is 6. The molecule has 0 atom stereocenters. The van der Waals surface area contributed by atoms with Gasteiger partial charge in [-0.1, -0.05) is 40.5 Å². The Bertz CT molecular complexity index is 1480. The molecule has 2 aromatic carbocycles. The molecule has 1 aliphatic carbocycles. The minimum absolute atomic E-state index is 0.180. The van der Waals surface area contributed by atoms with Crippen LogP contribution in [0.3, 0.4) is 0 Å². The number of aromatic nitrogens is 2. The molecule has 7 nitrogen and oxygen atoms in total. The Labute approximate surface area is 216 Å². The number of benzene rings is 2. The van der Waals surface area contributed by atoms with Crippen molar-refractivity contribution in [1.82, 2.24) is 10.1 Å². The molecule has 0 spiro atoms. The molecule has 1 N–H and O–H groups in total. The molecule has 0 saturated heterocycles. The molecule has 36 heavy (non-hydrogen) atoms. The van der Waals surface area contributed by atoms with E-state index < -0.39 is 5.97 Å². The second-order valence-electron chi connectivity index (χ2n) is 8.89. The Balaban J connectivity index is 1.27. The normalized spacial score (nSPS) is 14.4. The van der Waals surface area contributed by atoms with Crippen LogP contribution in [0.5, 0.6) is 17.4 Å². The zero-order valence-corrected chi connectivity index (χ0v) is 20.5. The van der Waals surface area contributed by atoms with E-state index in [2.05, 4.69) is 10.1 Å². The minimum atomic E-state index is -0.996. The second kappa shape index (κ2) is 9.15. The van der Waals surface area contributed by atoms with E-state index in [4.69, 9.17) is 37.2 Å². The molecule has 0 unspecified atom stereocenters. The van der Waals surface area contributed by atoms with Crippen molar-refractivity contribution in [2.24, 2.45) is 0 Å². The van der Waals surface area contributed by atoms with Gasteiger partial charge in [0.05, 0.1) is 27.4 Å². The number of ether oxygens (including phenoxy) is 2. The predicted molar refractivity (Wildman–Crippen MR) is 133 cm³/mol. The first-order valence-electron chi connectivity index (χ1n) is 11.6. The van der Waals surface area contributed by atoms with Gasteiger partial charge in [0.15, 0.2) is 0 Å². The number of nitrogens with zero attached hydrogens (tertiary/aromatic N) is 2. The van der Waals surface area contributed by atoms with Crippen LogP contribution in [-0.2, 0) is 19.4 Å². The van der Waals surface area contributed by atoms with E-state index in [9.17, 15) is 9.90 Å². The van der Waals surface area contributed by atoms with Gasteiger partial charge in [-0.15, -0.1) is 0 Å². The molecule has 1 aliphatic heterocycles. The average Bonchev–Trinajstić information content (AvgIpc) is 3.65. The topological polar surface area (TPSA) is 94.7 Å². The zero-order valence-electron chi connectivity index (χ0n) is 19.0. The summed E-state index contributed by atoms with van der Waals surface area (Å²) >= 11 is 12.9. The molecule has 1 saturated carbocycles. The van der Waals surface area contributed by atoms with Gasteiger partial charge in [0.25, 0.3) is 0 Å². The monoisotopic (exact) mass is 522 g/mol. The number of aryl methyl sites for hydroxylation is 2. The summed E-state index contributed by atoms with van der Waals surface area (Å²) in [5.41, 5.74) is 4.06. The molecule has 0 radical (unpaired) electrons. The van der Waals surface area contributed by atoms with Crippen LogP contribution in [0.2, 0.25) is 10.0 Å². The van der Waals surface area contributed by atoms with E-state index >= 15 is 0 Å². The van der Waals surface area contributed by atoms with Crippen molar-refractivity contribution in [2.45, 2.75) is 38.2 Å². The van der Waals surface area contributed by atoms with Gasteiger partial charge < -0.3 is 19.1 Å². The summed E-state index contributed by atoms with van der Waals surface area (Å²) in [7, 11) is 0. The summed E-state index contributed by atoms with van der Waals surface area (Å²) in [5, 5.41) is 14.6. The van der Waals surface area contributed by atoms with Gasteiger partial charge >= 0.3 is 5.97 Å². The van der Waals surface area contributed by atoms with Gasteiger partial charge in [-0.2, -0.15) is 0 Å². The number of pyridine rings is 1. The number of carbonyl (C=O) groups is 1. The fourth-order valence-corrected chi connectivity index (χ4v) is 4.98. The quantitative estimate of drug-likeness (QED) is 0.288. The smallest absolute Gasteiger partial charge is 0.335 e. The van der Waals surface area contributed by atoms with Gasteiger partial charge in [-0.3, -0.25) is 0 Å². The van der Waals surface area contributed by atoms with Crippen molar-refractivity contribution < 1.29 is 23.9 Å². The van der Waals surface area contributed by atoms with Crippen molar-refractivity contribution in [3.8, 4) is 28.6 Å². The fraction of sp³-hybridized carbons (Fsp3) is 0.222. The highest BCUT2D eigenvalue weighted by molar-refractivity contribution is 6.39. The first kappa shape index (κ1) is 22.9. The lowest BCUT2D eigenvalue weighted by Gasteiger charge is -2.12. The first-order chi connectivity index (χ1) is 17.5. The van der Waals surface area contributed by atoms with E-state index in [1.165, 1.54) is 0 Å². The van der Waals surface area contributed by atoms with Crippen LogP contribution in [0.1, 0.15) is 51.6 Å². The molecule has 2 aromatic heterocycles. The van der Waals surface area contributed by atoms with E-state index in [0.29, 0.717) is 57.4 Å². The molecule has 3 heterocycles. The molecule has 0 bridgehead atoms. The maximum Gasteiger partial charge on any atom is 0.335 e. The van der Waals surface area contributed by atoms with Crippen LogP contribution in [0.15, 0.2) is 53.2 Å². The Kier molecular flexibility index (Phi) is 5.82. The average molecular weight is 523 g/mol. The van der Waals surface area contributed by atoms with Crippen LogP contribution in [-0.4, -0.2) is 21.2 Å². The van der Waals surface area contributed by atoms with Gasteiger partial charge in [0, 0.05) is 23.1 Å². The number of carboxylic acids is 1. The highest BCUT2D eigenvalue weighted by atomic mass is 35.5. The number of hydrogen-bond donors (Lipinski definition) is 1. The predicted octanol–water partition coefficient (Wildman–Crippen LogP) is 7.09. The first-order valence-corrected chi connectivity index (χ1v) is 12.3. The fourth-order valence-electron chi connectivity index (χ4n) is 4.40. The van der Waals surface area contributed by atoms with E-state index in [1.54, 1.807) is 42.6 Å². The van der Waals surface area contributed by atoms with Crippen LogP contribution < -0.4 is 9.47 Å². The largest absolute Gasteiger partial charge is 0.478 e. The Morgan fingerprint density at radius 1 is 1.06 bits per heavy atom. The van der Waals surface area contributed by atoms with Crippen molar-refractivity contribution >= 4 is 29.2 Å². The van der Waals surface area contributed by atoms with Crippen LogP contribution in [0, 0.1) is 0 Å². The zero-order chi connectivity index (χ0) is 24.8. The second-order valence-corrected chi connectivity index (χ2v) is 9.71. The lowest BCUT2D eigenvalue weighted by molar-refractivity contribution is 0.0696. The summed E-state index contributed by atoms with van der Waals surface area (Å²) < 4.78 is 17.9. The molecule has 6 rings (SSSR count). The summed E-state index contributed by atoms with van der Waals surface area (Å²) in [6.45, 7) is 0.195. The van der Waals surface area contributed by atoms with Gasteiger partial charge in [0.2, 0.25) is 5.88 Å². The van der Waals surface area contributed by atoms with Crippen LogP contribution in [0.25, 0.3) is 11.3 Å². The van der Waals surface area contributed by atoms with Crippen molar-refractivity contribution in [3.63, 3.8) is 0 Å². The maximum atomic E-state index is 11.3. The Hall–Kier alpha value is -3.55. The highest BCUT2D eigenvalue weighted by Crippen LogP contribution is 2.46. The van der Waals surface area contributed by atoms with E-state index in [0.717, 1.165) is 35.3 Å². The summed E-state index contributed by atoms with van der Waals surface area (Å²) in [4.78, 5) is 15.8. The van der Waals surface area contributed by atoms with E-state index in [1.807, 2.05) is 6.07 Å². The third-order valence-electron chi connectivity index (χ3n) is 6.45. The van der Waals surface area contributed by atoms with Gasteiger partial charge in [-0.25, -0.2) is 9.78 Å². The summed E-state index contributed by atoms with van der Waals surface area (Å²) in [5.74, 6) is 1.66. The van der Waals surface area contributed by atoms with Crippen LogP contribution in [0.4, 0.5) is 0 Å².